The fourth-order valence-electron chi connectivity index (χ4n) is 2.24. The third-order valence-corrected chi connectivity index (χ3v) is 3.40. The van der Waals surface area contributed by atoms with E-state index in [-0.39, 0.29) is 11.6 Å². The van der Waals surface area contributed by atoms with E-state index in [0.29, 0.717) is 29.0 Å². The Morgan fingerprint density at radius 1 is 1.00 bits per heavy atom. The zero-order chi connectivity index (χ0) is 14.8. The zero-order valence-electron chi connectivity index (χ0n) is 11.2. The van der Waals surface area contributed by atoms with Crippen LogP contribution in [0.4, 0.5) is 8.78 Å². The van der Waals surface area contributed by atoms with Crippen molar-refractivity contribution in [1.29, 1.82) is 0 Å². The maximum Gasteiger partial charge on any atom is 0.127 e. The molecule has 1 atom stereocenters. The van der Waals surface area contributed by atoms with Crippen LogP contribution in [0.5, 0.6) is 0 Å². The fourth-order valence-corrected chi connectivity index (χ4v) is 2.40. The van der Waals surface area contributed by atoms with Crippen LogP contribution in [0.1, 0.15) is 18.1 Å². The van der Waals surface area contributed by atoms with Crippen molar-refractivity contribution in [3.8, 4) is 0 Å². The van der Waals surface area contributed by atoms with Crippen molar-refractivity contribution in [3.63, 3.8) is 0 Å². The molecule has 2 rings (SSSR count). The predicted molar refractivity (Wildman–Crippen MR) is 77.8 cm³/mol. The van der Waals surface area contributed by atoms with Crippen LogP contribution in [0, 0.1) is 11.6 Å². The summed E-state index contributed by atoms with van der Waals surface area (Å²) in [5.74, 6) is -0.677. The zero-order valence-corrected chi connectivity index (χ0v) is 11.9. The van der Waals surface area contributed by atoms with Gasteiger partial charge in [-0.2, -0.15) is 0 Å². The Balaban J connectivity index is 2.17. The highest BCUT2D eigenvalue weighted by Crippen LogP contribution is 2.22. The monoisotopic (exact) mass is 295 g/mol. The van der Waals surface area contributed by atoms with Gasteiger partial charge in [-0.05, 0) is 49.1 Å². The lowest BCUT2D eigenvalue weighted by Crippen LogP contribution is -2.41. The highest BCUT2D eigenvalue weighted by Gasteiger charge is 2.23. The lowest BCUT2D eigenvalue weighted by atomic mass is 9.87. The molecule has 0 radical (unpaired) electrons. The van der Waals surface area contributed by atoms with Crippen molar-refractivity contribution >= 4 is 11.6 Å². The molecular weight excluding hydrogens is 280 g/mol. The van der Waals surface area contributed by atoms with Crippen LogP contribution in [-0.2, 0) is 12.8 Å². The molecule has 1 nitrogen and oxygen atoms in total. The molecule has 0 fully saturated rings. The molecule has 0 aliphatic heterocycles. The molecular formula is C16H16ClF2N. The van der Waals surface area contributed by atoms with E-state index in [1.165, 1.54) is 12.1 Å². The van der Waals surface area contributed by atoms with Gasteiger partial charge in [-0.1, -0.05) is 35.9 Å². The Kier molecular flexibility index (Phi) is 4.41. The number of benzene rings is 2. The molecule has 20 heavy (non-hydrogen) atoms. The van der Waals surface area contributed by atoms with E-state index in [1.54, 1.807) is 37.3 Å². The number of nitrogens with two attached hydrogens (primary N) is 1. The molecule has 106 valence electrons. The van der Waals surface area contributed by atoms with Crippen molar-refractivity contribution in [2.45, 2.75) is 25.3 Å². The molecule has 0 bridgehead atoms. The Labute approximate surface area is 122 Å². The summed E-state index contributed by atoms with van der Waals surface area (Å²) >= 11 is 5.72. The minimum absolute atomic E-state index is 0.291. The summed E-state index contributed by atoms with van der Waals surface area (Å²) in [5.41, 5.74) is 6.47. The highest BCUT2D eigenvalue weighted by molar-refractivity contribution is 6.30. The number of halogens is 3. The summed E-state index contributed by atoms with van der Waals surface area (Å²) < 4.78 is 27.4. The molecule has 2 aromatic rings. The van der Waals surface area contributed by atoms with Crippen molar-refractivity contribution in [2.24, 2.45) is 5.73 Å². The van der Waals surface area contributed by atoms with Crippen molar-refractivity contribution < 1.29 is 8.78 Å². The second kappa shape index (κ2) is 5.90. The normalized spacial score (nSPS) is 14.1. The minimum atomic E-state index is -0.739. The molecule has 2 N–H and O–H groups in total. The van der Waals surface area contributed by atoms with Gasteiger partial charge in [0.05, 0.1) is 0 Å². The Bertz CT molecular complexity index is 611. The maximum absolute atomic E-state index is 13.8. The van der Waals surface area contributed by atoms with E-state index in [9.17, 15) is 8.78 Å². The molecule has 4 heteroatoms. The fraction of sp³-hybridized carbons (Fsp3) is 0.250. The number of hydrogen-bond acceptors (Lipinski definition) is 1. The first-order valence-electron chi connectivity index (χ1n) is 6.34. The smallest absolute Gasteiger partial charge is 0.127 e. The van der Waals surface area contributed by atoms with E-state index < -0.39 is 5.54 Å². The van der Waals surface area contributed by atoms with Gasteiger partial charge >= 0.3 is 0 Å². The first-order chi connectivity index (χ1) is 9.37. The number of hydrogen-bond donors (Lipinski definition) is 1. The molecule has 0 heterocycles. The van der Waals surface area contributed by atoms with E-state index in [0.717, 1.165) is 0 Å². The quantitative estimate of drug-likeness (QED) is 0.902. The average molecular weight is 296 g/mol. The molecule has 0 saturated heterocycles. The van der Waals surface area contributed by atoms with Gasteiger partial charge in [0.2, 0.25) is 0 Å². The van der Waals surface area contributed by atoms with Crippen LogP contribution >= 0.6 is 11.6 Å². The van der Waals surface area contributed by atoms with Crippen molar-refractivity contribution in [1.82, 2.24) is 0 Å². The summed E-state index contributed by atoms with van der Waals surface area (Å²) in [6.07, 6.45) is 0.645. The lowest BCUT2D eigenvalue weighted by molar-refractivity contribution is 0.441. The Morgan fingerprint density at radius 2 is 1.60 bits per heavy atom. The first-order valence-corrected chi connectivity index (χ1v) is 6.71. The van der Waals surface area contributed by atoms with Gasteiger partial charge in [0.25, 0.3) is 0 Å². The average Bonchev–Trinajstić information content (AvgIpc) is 2.35. The van der Waals surface area contributed by atoms with Gasteiger partial charge in [0, 0.05) is 10.6 Å². The molecule has 0 aromatic heterocycles. The van der Waals surface area contributed by atoms with E-state index in [1.807, 2.05) is 0 Å². The first kappa shape index (κ1) is 14.9. The molecule has 0 aliphatic carbocycles. The minimum Gasteiger partial charge on any atom is -0.325 e. The maximum atomic E-state index is 13.8. The van der Waals surface area contributed by atoms with Crippen LogP contribution in [0.25, 0.3) is 0 Å². The largest absolute Gasteiger partial charge is 0.325 e. The van der Waals surface area contributed by atoms with Crippen LogP contribution in [0.3, 0.4) is 0 Å². The standard InChI is InChI=1S/C16H16ClF2N/c1-16(20,9-11-4-2-3-5-14(11)18)10-12-6-7-13(17)8-15(12)19/h2-8H,9-10,20H2,1H3. The summed E-state index contributed by atoms with van der Waals surface area (Å²) in [6.45, 7) is 1.79. The second-order valence-electron chi connectivity index (χ2n) is 5.33. The molecule has 0 amide bonds. The molecule has 0 spiro atoms. The van der Waals surface area contributed by atoms with Gasteiger partial charge in [0.1, 0.15) is 11.6 Å². The lowest BCUT2D eigenvalue weighted by Gasteiger charge is -2.25. The van der Waals surface area contributed by atoms with Crippen LogP contribution in [-0.4, -0.2) is 5.54 Å². The molecule has 0 aliphatic rings. The summed E-state index contributed by atoms with van der Waals surface area (Å²) in [5, 5.41) is 0.346. The van der Waals surface area contributed by atoms with Gasteiger partial charge in [-0.15, -0.1) is 0 Å². The highest BCUT2D eigenvalue weighted by atomic mass is 35.5. The summed E-state index contributed by atoms with van der Waals surface area (Å²) in [7, 11) is 0. The molecule has 1 unspecified atom stereocenters. The Morgan fingerprint density at radius 3 is 2.20 bits per heavy atom. The van der Waals surface area contributed by atoms with E-state index in [2.05, 4.69) is 0 Å². The number of rotatable bonds is 4. The van der Waals surface area contributed by atoms with Gasteiger partial charge < -0.3 is 5.73 Å². The van der Waals surface area contributed by atoms with Crippen LogP contribution in [0.2, 0.25) is 5.02 Å². The SMILES string of the molecule is CC(N)(Cc1ccccc1F)Cc1ccc(Cl)cc1F. The van der Waals surface area contributed by atoms with Crippen molar-refractivity contribution in [2.75, 3.05) is 0 Å². The second-order valence-corrected chi connectivity index (χ2v) is 5.77. The third kappa shape index (κ3) is 3.78. The van der Waals surface area contributed by atoms with Gasteiger partial charge in [0.15, 0.2) is 0 Å². The predicted octanol–water partition coefficient (Wildman–Crippen LogP) is 4.12. The summed E-state index contributed by atoms with van der Waals surface area (Å²) in [4.78, 5) is 0. The third-order valence-electron chi connectivity index (χ3n) is 3.16. The van der Waals surface area contributed by atoms with Crippen LogP contribution in [0.15, 0.2) is 42.5 Å². The summed E-state index contributed by atoms with van der Waals surface area (Å²) in [6, 6.07) is 11.0. The van der Waals surface area contributed by atoms with E-state index >= 15 is 0 Å². The van der Waals surface area contributed by atoms with Crippen LogP contribution < -0.4 is 5.73 Å². The molecule has 2 aromatic carbocycles. The Hall–Kier alpha value is -1.45. The van der Waals surface area contributed by atoms with Crippen molar-refractivity contribution in [3.05, 3.63) is 70.2 Å². The van der Waals surface area contributed by atoms with Gasteiger partial charge in [-0.25, -0.2) is 8.78 Å². The van der Waals surface area contributed by atoms with E-state index in [4.69, 9.17) is 17.3 Å². The topological polar surface area (TPSA) is 26.0 Å². The van der Waals surface area contributed by atoms with Gasteiger partial charge in [-0.3, -0.25) is 0 Å². The molecule has 0 saturated carbocycles.